The molecule has 3 heterocycles. The lowest BCUT2D eigenvalue weighted by Gasteiger charge is -2.24. The van der Waals surface area contributed by atoms with Gasteiger partial charge in [0.15, 0.2) is 5.65 Å². The number of nitrogen functional groups attached to an aromatic ring is 1. The van der Waals surface area contributed by atoms with Crippen LogP contribution in [0.25, 0.3) is 11.0 Å². The molecule has 3 aromatic rings. The summed E-state index contributed by atoms with van der Waals surface area (Å²) in [5.41, 5.74) is 4.68. The van der Waals surface area contributed by atoms with Gasteiger partial charge in [0.05, 0.1) is 28.4 Å². The quantitative estimate of drug-likeness (QED) is 0.602. The van der Waals surface area contributed by atoms with Crippen LogP contribution in [0.1, 0.15) is 35.7 Å². The molecule has 0 saturated carbocycles. The number of hydrogen-bond acceptors (Lipinski definition) is 5. The van der Waals surface area contributed by atoms with Crippen LogP contribution >= 0.6 is 0 Å². The molecule has 2 aromatic heterocycles. The summed E-state index contributed by atoms with van der Waals surface area (Å²) in [6.07, 6.45) is -3.93. The highest BCUT2D eigenvalue weighted by Gasteiger charge is 2.40. The number of alkyl halides is 3. The Kier molecular flexibility index (Phi) is 4.93. The molecule has 0 bridgehead atoms. The van der Waals surface area contributed by atoms with Crippen LogP contribution < -0.4 is 5.73 Å². The number of pyridine rings is 1. The Hall–Kier alpha value is -2.73. The molecule has 1 aromatic carbocycles. The molecule has 1 aliphatic rings. The van der Waals surface area contributed by atoms with E-state index in [1.165, 1.54) is 12.1 Å². The molecule has 0 radical (unpaired) electrons. The Balaban J connectivity index is 1.73. The maximum absolute atomic E-state index is 13.6. The van der Waals surface area contributed by atoms with Crippen LogP contribution in [-0.4, -0.2) is 34.4 Å². The number of aromatic nitrogens is 3. The number of sulfonamides is 1. The van der Waals surface area contributed by atoms with E-state index >= 15 is 0 Å². The molecule has 3 N–H and O–H groups in total. The van der Waals surface area contributed by atoms with Crippen molar-refractivity contribution in [1.29, 1.82) is 0 Å². The van der Waals surface area contributed by atoms with Crippen molar-refractivity contribution in [3.05, 3.63) is 53.0 Å². The van der Waals surface area contributed by atoms with Gasteiger partial charge >= 0.3 is 6.18 Å². The number of nitrogens with two attached hydrogens (primary N) is 1. The number of benzene rings is 1. The number of aromatic amines is 1. The van der Waals surface area contributed by atoms with E-state index in [1.807, 2.05) is 0 Å². The molecule has 1 aliphatic heterocycles. The zero-order valence-electron chi connectivity index (χ0n) is 15.4. The third-order valence-corrected chi connectivity index (χ3v) is 6.89. The third-order valence-electron chi connectivity index (χ3n) is 5.04. The van der Waals surface area contributed by atoms with Gasteiger partial charge in [0.2, 0.25) is 10.0 Å². The van der Waals surface area contributed by atoms with Crippen molar-refractivity contribution in [3.63, 3.8) is 0 Å². The molecule has 0 aliphatic carbocycles. The number of nitrogens with one attached hydrogen (secondary N) is 1. The summed E-state index contributed by atoms with van der Waals surface area (Å²) >= 11 is 0. The van der Waals surface area contributed by atoms with Crippen LogP contribution in [0.3, 0.4) is 0 Å². The van der Waals surface area contributed by atoms with Crippen molar-refractivity contribution in [2.75, 3.05) is 12.3 Å². The minimum absolute atomic E-state index is 0.0403. The first-order chi connectivity index (χ1) is 14.1. The topological polar surface area (TPSA) is 105 Å². The second-order valence-electron chi connectivity index (χ2n) is 7.08. The summed E-state index contributed by atoms with van der Waals surface area (Å²) < 4.78 is 81.0. The Morgan fingerprint density at radius 3 is 2.60 bits per heavy atom. The Bertz CT molecular complexity index is 1190. The highest BCUT2D eigenvalue weighted by atomic mass is 32.2. The summed E-state index contributed by atoms with van der Waals surface area (Å²) in [5, 5.41) is 5.67. The minimum atomic E-state index is -4.72. The molecule has 0 amide bonds. The first kappa shape index (κ1) is 20.5. The molecule has 160 valence electrons. The number of rotatable bonds is 4. The molecule has 1 unspecified atom stereocenters. The molecule has 7 nitrogen and oxygen atoms in total. The lowest BCUT2D eigenvalue weighted by Crippen LogP contribution is -2.32. The third kappa shape index (κ3) is 3.72. The maximum Gasteiger partial charge on any atom is 0.417 e. The predicted octanol–water partition coefficient (Wildman–Crippen LogP) is 3.36. The zero-order valence-corrected chi connectivity index (χ0v) is 16.3. The van der Waals surface area contributed by atoms with E-state index in [1.54, 1.807) is 0 Å². The van der Waals surface area contributed by atoms with Gasteiger partial charge in [-0.3, -0.25) is 5.10 Å². The largest absolute Gasteiger partial charge is 0.417 e. The molecule has 12 heteroatoms. The Morgan fingerprint density at radius 1 is 1.23 bits per heavy atom. The van der Waals surface area contributed by atoms with Crippen LogP contribution in [0.15, 0.2) is 30.3 Å². The number of fused-ring (bicyclic) bond motifs is 1. The van der Waals surface area contributed by atoms with E-state index in [9.17, 15) is 26.0 Å². The summed E-state index contributed by atoms with van der Waals surface area (Å²) in [4.78, 5) is 4.16. The molecule has 1 fully saturated rings. The number of anilines is 1. The molecular formula is C18H17F4N5O2S. The SMILES string of the molecule is Nc1[nH]nc2nc(C3CCCN3S(=O)(=O)Cc3ccc(F)cc3)cc(C(F)(F)F)c12. The maximum atomic E-state index is 13.6. The first-order valence-electron chi connectivity index (χ1n) is 9.02. The van der Waals surface area contributed by atoms with Crippen LogP contribution in [0, 0.1) is 5.82 Å². The van der Waals surface area contributed by atoms with Crippen LogP contribution in [-0.2, 0) is 22.0 Å². The summed E-state index contributed by atoms with van der Waals surface area (Å²) in [5.74, 6) is -1.15. The molecule has 1 saturated heterocycles. The van der Waals surface area contributed by atoms with Gasteiger partial charge in [-0.15, -0.1) is 0 Å². The van der Waals surface area contributed by atoms with Crippen LogP contribution in [0.4, 0.5) is 23.4 Å². The van der Waals surface area contributed by atoms with Gasteiger partial charge in [-0.1, -0.05) is 12.1 Å². The number of H-pyrrole nitrogens is 1. The van der Waals surface area contributed by atoms with E-state index < -0.39 is 39.4 Å². The molecule has 4 rings (SSSR count). The smallest absolute Gasteiger partial charge is 0.383 e. The highest BCUT2D eigenvalue weighted by Crippen LogP contribution is 2.40. The van der Waals surface area contributed by atoms with E-state index in [0.29, 0.717) is 18.4 Å². The summed E-state index contributed by atoms with van der Waals surface area (Å²) in [7, 11) is -3.88. The van der Waals surface area contributed by atoms with Crippen molar-refractivity contribution in [2.45, 2.75) is 30.8 Å². The average Bonchev–Trinajstić information content (AvgIpc) is 3.30. The number of nitrogens with zero attached hydrogens (tertiary/aromatic N) is 3. The van der Waals surface area contributed by atoms with Crippen molar-refractivity contribution >= 4 is 26.9 Å². The molecule has 1 atom stereocenters. The van der Waals surface area contributed by atoms with Gasteiger partial charge in [0.1, 0.15) is 11.6 Å². The zero-order chi connectivity index (χ0) is 21.7. The van der Waals surface area contributed by atoms with Gasteiger partial charge in [0.25, 0.3) is 0 Å². The van der Waals surface area contributed by atoms with Gasteiger partial charge in [0, 0.05) is 6.54 Å². The van der Waals surface area contributed by atoms with Gasteiger partial charge in [-0.05, 0) is 36.6 Å². The van der Waals surface area contributed by atoms with Crippen molar-refractivity contribution in [1.82, 2.24) is 19.5 Å². The fourth-order valence-corrected chi connectivity index (χ4v) is 5.49. The van der Waals surface area contributed by atoms with E-state index in [-0.39, 0.29) is 29.1 Å². The Morgan fingerprint density at radius 2 is 1.93 bits per heavy atom. The van der Waals surface area contributed by atoms with Gasteiger partial charge in [-0.25, -0.2) is 17.8 Å². The average molecular weight is 443 g/mol. The standard InChI is InChI=1S/C18H17F4N5O2S/c19-11-5-3-10(4-6-11)9-30(28,29)27-7-1-2-14(27)13-8-12(18(20,21)22)15-16(23)25-26-17(15)24-13/h3-6,8,14H,1-2,7,9H2,(H3,23,24,25,26). The van der Waals surface area contributed by atoms with Crippen molar-refractivity contribution in [3.8, 4) is 0 Å². The lowest BCUT2D eigenvalue weighted by atomic mass is 10.1. The normalized spacial score (nSPS) is 18.3. The van der Waals surface area contributed by atoms with Crippen LogP contribution in [0.5, 0.6) is 0 Å². The van der Waals surface area contributed by atoms with Crippen LogP contribution in [0.2, 0.25) is 0 Å². The molecular weight excluding hydrogens is 426 g/mol. The second-order valence-corrected chi connectivity index (χ2v) is 9.00. The minimum Gasteiger partial charge on any atom is -0.383 e. The van der Waals surface area contributed by atoms with Gasteiger partial charge in [-0.2, -0.15) is 22.6 Å². The lowest BCUT2D eigenvalue weighted by molar-refractivity contribution is -0.136. The molecule has 0 spiro atoms. The fourth-order valence-electron chi connectivity index (χ4n) is 3.70. The summed E-state index contributed by atoms with van der Waals surface area (Å²) in [6, 6.07) is 5.00. The van der Waals surface area contributed by atoms with Crippen molar-refractivity contribution < 1.29 is 26.0 Å². The number of hydrogen-bond donors (Lipinski definition) is 2. The fraction of sp³-hybridized carbons (Fsp3) is 0.333. The van der Waals surface area contributed by atoms with E-state index in [4.69, 9.17) is 5.73 Å². The second kappa shape index (κ2) is 7.20. The van der Waals surface area contributed by atoms with E-state index in [0.717, 1.165) is 22.5 Å². The Labute approximate surface area is 168 Å². The van der Waals surface area contributed by atoms with Crippen molar-refractivity contribution in [2.24, 2.45) is 0 Å². The first-order valence-corrected chi connectivity index (χ1v) is 10.6. The van der Waals surface area contributed by atoms with Gasteiger partial charge < -0.3 is 5.73 Å². The predicted molar refractivity (Wildman–Crippen MR) is 101 cm³/mol. The monoisotopic (exact) mass is 443 g/mol. The summed E-state index contributed by atoms with van der Waals surface area (Å²) in [6.45, 7) is 0.151. The van der Waals surface area contributed by atoms with E-state index in [2.05, 4.69) is 15.2 Å². The molecule has 30 heavy (non-hydrogen) atoms. The highest BCUT2D eigenvalue weighted by molar-refractivity contribution is 7.88. The number of halogens is 4.